The highest BCUT2D eigenvalue weighted by Gasteiger charge is 2.41. The largest absolute Gasteiger partial charge is 0.324 e. The van der Waals surface area contributed by atoms with Gasteiger partial charge in [0, 0.05) is 25.3 Å². The van der Waals surface area contributed by atoms with Gasteiger partial charge in [-0.15, -0.1) is 0 Å². The highest BCUT2D eigenvalue weighted by molar-refractivity contribution is 7.90. The first-order valence-electron chi connectivity index (χ1n) is 7.16. The zero-order chi connectivity index (χ0) is 14.9. The van der Waals surface area contributed by atoms with Crippen LogP contribution in [0.4, 0.5) is 10.5 Å². The van der Waals surface area contributed by atoms with Crippen LogP contribution in [0.5, 0.6) is 0 Å². The van der Waals surface area contributed by atoms with Crippen molar-refractivity contribution in [3.05, 3.63) is 30.3 Å². The van der Waals surface area contributed by atoms with E-state index in [1.807, 2.05) is 30.3 Å². The van der Waals surface area contributed by atoms with Gasteiger partial charge in [-0.25, -0.2) is 17.9 Å². The summed E-state index contributed by atoms with van der Waals surface area (Å²) in [5.74, 6) is 0.115. The molecule has 0 aliphatic carbocycles. The van der Waals surface area contributed by atoms with Crippen molar-refractivity contribution >= 4 is 21.7 Å². The van der Waals surface area contributed by atoms with Crippen LogP contribution in [0.2, 0.25) is 0 Å². The van der Waals surface area contributed by atoms with Gasteiger partial charge in [0.05, 0.1) is 5.25 Å². The number of hydrogen-bond acceptors (Lipinski definition) is 3. The van der Waals surface area contributed by atoms with Crippen LogP contribution in [0.15, 0.2) is 30.3 Å². The Hall–Kier alpha value is -1.60. The zero-order valence-electron chi connectivity index (χ0n) is 11.7. The second-order valence-electron chi connectivity index (χ2n) is 5.55. The van der Waals surface area contributed by atoms with E-state index in [2.05, 4.69) is 10.0 Å². The summed E-state index contributed by atoms with van der Waals surface area (Å²) in [6, 6.07) is 9.12. The SMILES string of the molecule is O=C(Nc1ccccc1)N1CC[C@H]2CNS(=O)(=O)[C@@H]2CC1. The zero-order valence-corrected chi connectivity index (χ0v) is 12.5. The highest BCUT2D eigenvalue weighted by Crippen LogP contribution is 2.28. The molecule has 6 nitrogen and oxygen atoms in total. The van der Waals surface area contributed by atoms with Crippen LogP contribution in [0.3, 0.4) is 0 Å². The van der Waals surface area contributed by atoms with E-state index in [1.54, 1.807) is 4.90 Å². The Bertz CT molecular complexity index is 618. The Morgan fingerprint density at radius 1 is 1.19 bits per heavy atom. The molecule has 3 rings (SSSR count). The number of sulfonamides is 1. The first kappa shape index (κ1) is 14.3. The number of carbonyl (C=O) groups excluding carboxylic acids is 1. The third kappa shape index (κ3) is 3.03. The summed E-state index contributed by atoms with van der Waals surface area (Å²) < 4.78 is 26.4. The molecular formula is C14H19N3O3S. The smallest absolute Gasteiger partial charge is 0.321 e. The normalized spacial score (nSPS) is 27.7. The fourth-order valence-corrected chi connectivity index (χ4v) is 4.85. The van der Waals surface area contributed by atoms with Gasteiger partial charge in [-0.3, -0.25) is 0 Å². The summed E-state index contributed by atoms with van der Waals surface area (Å²) in [4.78, 5) is 14.0. The number of carbonyl (C=O) groups is 1. The summed E-state index contributed by atoms with van der Waals surface area (Å²) in [6.45, 7) is 1.57. The van der Waals surface area contributed by atoms with Crippen LogP contribution in [0.1, 0.15) is 12.8 Å². The van der Waals surface area contributed by atoms with Gasteiger partial charge in [-0.2, -0.15) is 0 Å². The van der Waals surface area contributed by atoms with E-state index in [0.717, 1.165) is 12.1 Å². The Labute approximate surface area is 124 Å². The van der Waals surface area contributed by atoms with Crippen LogP contribution in [0, 0.1) is 5.92 Å². The van der Waals surface area contributed by atoms with Crippen LogP contribution in [0.25, 0.3) is 0 Å². The molecule has 0 radical (unpaired) electrons. The monoisotopic (exact) mass is 309 g/mol. The molecule has 2 aliphatic heterocycles. The van der Waals surface area contributed by atoms with Crippen LogP contribution in [-0.2, 0) is 10.0 Å². The molecule has 0 aromatic heterocycles. The highest BCUT2D eigenvalue weighted by atomic mass is 32.2. The lowest BCUT2D eigenvalue weighted by atomic mass is 10.0. The molecule has 1 aromatic rings. The minimum absolute atomic E-state index is 0.115. The van der Waals surface area contributed by atoms with Gasteiger partial charge in [0.15, 0.2) is 0 Å². The van der Waals surface area contributed by atoms with Crippen LogP contribution < -0.4 is 10.0 Å². The summed E-state index contributed by atoms with van der Waals surface area (Å²) in [7, 11) is -3.19. The second kappa shape index (κ2) is 5.65. The molecule has 2 aliphatic rings. The third-order valence-corrected chi connectivity index (χ3v) is 6.22. The Morgan fingerprint density at radius 3 is 2.67 bits per heavy atom. The fourth-order valence-electron chi connectivity index (χ4n) is 3.04. The minimum atomic E-state index is -3.19. The molecule has 21 heavy (non-hydrogen) atoms. The summed E-state index contributed by atoms with van der Waals surface area (Å²) in [5.41, 5.74) is 0.751. The fraction of sp³-hybridized carbons (Fsp3) is 0.500. The van der Waals surface area contributed by atoms with Gasteiger partial charge in [0.1, 0.15) is 0 Å². The number of nitrogens with one attached hydrogen (secondary N) is 2. The van der Waals surface area contributed by atoms with Crippen LogP contribution in [-0.4, -0.2) is 44.2 Å². The average molecular weight is 309 g/mol. The van der Waals surface area contributed by atoms with Crippen molar-refractivity contribution in [1.82, 2.24) is 9.62 Å². The van der Waals surface area contributed by atoms with E-state index in [0.29, 0.717) is 26.1 Å². The molecule has 2 fully saturated rings. The average Bonchev–Trinajstić information content (AvgIpc) is 2.65. The minimum Gasteiger partial charge on any atom is -0.324 e. The quantitative estimate of drug-likeness (QED) is 0.819. The third-order valence-electron chi connectivity index (χ3n) is 4.24. The predicted molar refractivity (Wildman–Crippen MR) is 80.5 cm³/mol. The summed E-state index contributed by atoms with van der Waals surface area (Å²) >= 11 is 0. The topological polar surface area (TPSA) is 78.5 Å². The molecular weight excluding hydrogens is 290 g/mol. The number of likely N-dealkylation sites (tertiary alicyclic amines) is 1. The number of hydrogen-bond donors (Lipinski definition) is 2. The summed E-state index contributed by atoms with van der Waals surface area (Å²) in [5, 5.41) is 2.49. The van der Waals surface area contributed by atoms with E-state index in [4.69, 9.17) is 0 Å². The lowest BCUT2D eigenvalue weighted by Crippen LogP contribution is -2.36. The van der Waals surface area contributed by atoms with E-state index < -0.39 is 10.0 Å². The molecule has 2 atom stereocenters. The molecule has 0 spiro atoms. The van der Waals surface area contributed by atoms with E-state index in [1.165, 1.54) is 0 Å². The van der Waals surface area contributed by atoms with Crippen LogP contribution >= 0.6 is 0 Å². The Balaban J connectivity index is 1.64. The predicted octanol–water partition coefficient (Wildman–Crippen LogP) is 1.23. The molecule has 114 valence electrons. The molecule has 0 saturated carbocycles. The summed E-state index contributed by atoms with van der Waals surface area (Å²) in [6.07, 6.45) is 1.22. The maximum absolute atomic E-state index is 12.3. The van der Waals surface area contributed by atoms with Crippen molar-refractivity contribution < 1.29 is 13.2 Å². The lowest BCUT2D eigenvalue weighted by Gasteiger charge is -2.21. The van der Waals surface area contributed by atoms with Gasteiger partial charge in [-0.1, -0.05) is 18.2 Å². The van der Waals surface area contributed by atoms with Crippen molar-refractivity contribution in [2.45, 2.75) is 18.1 Å². The number of fused-ring (bicyclic) bond motifs is 1. The van der Waals surface area contributed by atoms with E-state index >= 15 is 0 Å². The molecule has 1 aromatic carbocycles. The molecule has 0 bridgehead atoms. The number of anilines is 1. The number of rotatable bonds is 1. The molecule has 2 heterocycles. The number of urea groups is 1. The first-order chi connectivity index (χ1) is 10.1. The molecule has 0 unspecified atom stereocenters. The maximum atomic E-state index is 12.3. The van der Waals surface area contributed by atoms with E-state index in [-0.39, 0.29) is 17.2 Å². The van der Waals surface area contributed by atoms with Crippen molar-refractivity contribution in [2.24, 2.45) is 5.92 Å². The second-order valence-corrected chi connectivity index (χ2v) is 7.54. The van der Waals surface area contributed by atoms with Gasteiger partial charge in [0.2, 0.25) is 10.0 Å². The van der Waals surface area contributed by atoms with Gasteiger partial charge in [-0.05, 0) is 30.9 Å². The van der Waals surface area contributed by atoms with Crippen molar-refractivity contribution in [3.8, 4) is 0 Å². The van der Waals surface area contributed by atoms with Crippen molar-refractivity contribution in [2.75, 3.05) is 25.0 Å². The Kier molecular flexibility index (Phi) is 3.86. The number of amides is 2. The standard InChI is InChI=1S/C14H19N3O3S/c18-14(16-12-4-2-1-3-5-12)17-8-6-11-10-15-21(19,20)13(11)7-9-17/h1-5,11,13,15H,6-10H2,(H,16,18)/t11-,13+/m0/s1. The van der Waals surface area contributed by atoms with Gasteiger partial charge < -0.3 is 10.2 Å². The number of benzene rings is 1. The van der Waals surface area contributed by atoms with Gasteiger partial charge >= 0.3 is 6.03 Å². The number of para-hydroxylation sites is 1. The lowest BCUT2D eigenvalue weighted by molar-refractivity contribution is 0.213. The molecule has 7 heteroatoms. The molecule has 2 saturated heterocycles. The maximum Gasteiger partial charge on any atom is 0.321 e. The van der Waals surface area contributed by atoms with Crippen molar-refractivity contribution in [3.63, 3.8) is 0 Å². The number of nitrogens with zero attached hydrogens (tertiary/aromatic N) is 1. The molecule has 2 N–H and O–H groups in total. The molecule has 2 amide bonds. The van der Waals surface area contributed by atoms with Crippen molar-refractivity contribution in [1.29, 1.82) is 0 Å². The Morgan fingerprint density at radius 2 is 1.90 bits per heavy atom. The van der Waals surface area contributed by atoms with E-state index in [9.17, 15) is 13.2 Å². The first-order valence-corrected chi connectivity index (χ1v) is 8.70. The van der Waals surface area contributed by atoms with Gasteiger partial charge in [0.25, 0.3) is 0 Å².